The average Bonchev–Trinajstić information content (AvgIpc) is 3.06. The smallest absolute Gasteiger partial charge is 0.191 e. The van der Waals surface area contributed by atoms with Crippen LogP contribution in [0.3, 0.4) is 0 Å². The first-order chi connectivity index (χ1) is 9.70. The van der Waals surface area contributed by atoms with Crippen molar-refractivity contribution in [1.29, 1.82) is 0 Å². The number of aliphatic imine (C=N–C) groups is 1. The molecule has 1 aromatic heterocycles. The standard InChI is InChI=1S/C15H19N5/c1-11-7-16-15(19-11)17-8-12-4-3-5-13(6-12)14-9-18-20(2)10-14/h3-6,9-11H,7-8H2,1-2H3,(H2,16,17,19). The van der Waals surface area contributed by atoms with Crippen molar-refractivity contribution in [2.24, 2.45) is 12.0 Å². The summed E-state index contributed by atoms with van der Waals surface area (Å²) in [6, 6.07) is 8.91. The number of nitrogens with zero attached hydrogens (tertiary/aromatic N) is 3. The molecule has 0 saturated heterocycles. The maximum atomic E-state index is 4.40. The minimum atomic E-state index is 0.430. The molecule has 3 rings (SSSR count). The van der Waals surface area contributed by atoms with Crippen molar-refractivity contribution in [3.05, 3.63) is 42.2 Å². The Morgan fingerprint density at radius 2 is 2.30 bits per heavy atom. The molecule has 1 aromatic carbocycles. The number of hydrogen-bond donors (Lipinski definition) is 2. The van der Waals surface area contributed by atoms with Crippen molar-refractivity contribution in [3.8, 4) is 11.1 Å². The SMILES string of the molecule is CC1CN=C(NCc2cccc(-c3cnn(C)c3)c2)N1. The second kappa shape index (κ2) is 5.36. The van der Waals surface area contributed by atoms with E-state index in [2.05, 4.69) is 51.9 Å². The van der Waals surface area contributed by atoms with Gasteiger partial charge in [0.15, 0.2) is 5.96 Å². The number of aryl methyl sites for hydroxylation is 1. The van der Waals surface area contributed by atoms with E-state index in [0.29, 0.717) is 6.04 Å². The molecular formula is C15H19N5. The van der Waals surface area contributed by atoms with Gasteiger partial charge in [-0.2, -0.15) is 5.10 Å². The molecule has 104 valence electrons. The zero-order valence-corrected chi connectivity index (χ0v) is 11.8. The largest absolute Gasteiger partial charge is 0.352 e. The van der Waals surface area contributed by atoms with Crippen molar-refractivity contribution < 1.29 is 0 Å². The summed E-state index contributed by atoms with van der Waals surface area (Å²) in [4.78, 5) is 4.40. The highest BCUT2D eigenvalue weighted by molar-refractivity contribution is 5.81. The second-order valence-corrected chi connectivity index (χ2v) is 5.19. The summed E-state index contributed by atoms with van der Waals surface area (Å²) in [5, 5.41) is 10.8. The number of aromatic nitrogens is 2. The van der Waals surface area contributed by atoms with Gasteiger partial charge in [0.2, 0.25) is 0 Å². The number of rotatable bonds is 3. The predicted octanol–water partition coefficient (Wildman–Crippen LogP) is 1.52. The number of benzene rings is 1. The van der Waals surface area contributed by atoms with Gasteiger partial charge in [0.05, 0.1) is 12.7 Å². The molecule has 2 N–H and O–H groups in total. The number of guanidine groups is 1. The molecule has 0 radical (unpaired) electrons. The zero-order valence-electron chi connectivity index (χ0n) is 11.8. The van der Waals surface area contributed by atoms with E-state index in [4.69, 9.17) is 0 Å². The summed E-state index contributed by atoms with van der Waals surface area (Å²) in [7, 11) is 1.93. The summed E-state index contributed by atoms with van der Waals surface area (Å²) in [6.45, 7) is 3.74. The Balaban J connectivity index is 1.68. The molecule has 2 heterocycles. The van der Waals surface area contributed by atoms with Crippen molar-refractivity contribution in [1.82, 2.24) is 20.4 Å². The number of hydrogen-bond acceptors (Lipinski definition) is 4. The summed E-state index contributed by atoms with van der Waals surface area (Å²) >= 11 is 0. The van der Waals surface area contributed by atoms with E-state index in [9.17, 15) is 0 Å². The molecule has 2 aromatic rings. The molecule has 1 unspecified atom stereocenters. The maximum absolute atomic E-state index is 4.40. The monoisotopic (exact) mass is 269 g/mol. The molecule has 0 spiro atoms. The van der Waals surface area contributed by atoms with Crippen LogP contribution in [-0.4, -0.2) is 28.3 Å². The van der Waals surface area contributed by atoms with Gasteiger partial charge >= 0.3 is 0 Å². The number of nitrogens with one attached hydrogen (secondary N) is 2. The van der Waals surface area contributed by atoms with E-state index in [-0.39, 0.29) is 0 Å². The summed E-state index contributed by atoms with van der Waals surface area (Å²) in [6.07, 6.45) is 3.91. The first-order valence-corrected chi connectivity index (χ1v) is 6.83. The van der Waals surface area contributed by atoms with Gasteiger partial charge in [0, 0.05) is 31.4 Å². The van der Waals surface area contributed by atoms with E-state index in [0.717, 1.165) is 24.6 Å². The van der Waals surface area contributed by atoms with Crippen molar-refractivity contribution >= 4 is 5.96 Å². The van der Waals surface area contributed by atoms with Gasteiger partial charge in [0.25, 0.3) is 0 Å². The van der Waals surface area contributed by atoms with Gasteiger partial charge in [-0.1, -0.05) is 18.2 Å². The van der Waals surface area contributed by atoms with E-state index in [1.807, 2.05) is 24.1 Å². The van der Waals surface area contributed by atoms with Crippen LogP contribution in [0.4, 0.5) is 0 Å². The predicted molar refractivity (Wildman–Crippen MR) is 80.4 cm³/mol. The lowest BCUT2D eigenvalue weighted by Gasteiger charge is -2.09. The molecule has 1 aliphatic heterocycles. The minimum absolute atomic E-state index is 0.430. The molecule has 0 fully saturated rings. The fourth-order valence-corrected chi connectivity index (χ4v) is 2.28. The Labute approximate surface area is 118 Å². The van der Waals surface area contributed by atoms with Crippen LogP contribution in [0.15, 0.2) is 41.7 Å². The van der Waals surface area contributed by atoms with E-state index < -0.39 is 0 Å². The zero-order chi connectivity index (χ0) is 13.9. The average molecular weight is 269 g/mol. The molecule has 0 saturated carbocycles. The van der Waals surface area contributed by atoms with Crippen LogP contribution in [0, 0.1) is 0 Å². The van der Waals surface area contributed by atoms with Crippen LogP contribution in [-0.2, 0) is 13.6 Å². The van der Waals surface area contributed by atoms with Crippen LogP contribution < -0.4 is 10.6 Å². The molecular weight excluding hydrogens is 250 g/mol. The van der Waals surface area contributed by atoms with Crippen LogP contribution in [0.5, 0.6) is 0 Å². The lowest BCUT2D eigenvalue weighted by Crippen LogP contribution is -2.37. The van der Waals surface area contributed by atoms with Gasteiger partial charge in [-0.3, -0.25) is 9.67 Å². The third kappa shape index (κ3) is 2.82. The van der Waals surface area contributed by atoms with Gasteiger partial charge in [-0.05, 0) is 24.1 Å². The van der Waals surface area contributed by atoms with Crippen LogP contribution in [0.2, 0.25) is 0 Å². The molecule has 1 atom stereocenters. The molecule has 5 nitrogen and oxygen atoms in total. The van der Waals surface area contributed by atoms with Crippen molar-refractivity contribution in [3.63, 3.8) is 0 Å². The highest BCUT2D eigenvalue weighted by Gasteiger charge is 2.11. The molecule has 20 heavy (non-hydrogen) atoms. The summed E-state index contributed by atoms with van der Waals surface area (Å²) < 4.78 is 1.82. The van der Waals surface area contributed by atoms with Crippen LogP contribution >= 0.6 is 0 Å². The third-order valence-electron chi connectivity index (χ3n) is 3.33. The summed E-state index contributed by atoms with van der Waals surface area (Å²) in [5.41, 5.74) is 3.56. The Bertz CT molecular complexity index is 629. The van der Waals surface area contributed by atoms with Gasteiger partial charge in [-0.25, -0.2) is 0 Å². The van der Waals surface area contributed by atoms with Crippen molar-refractivity contribution in [2.45, 2.75) is 19.5 Å². The first kappa shape index (κ1) is 12.7. The van der Waals surface area contributed by atoms with E-state index >= 15 is 0 Å². The lowest BCUT2D eigenvalue weighted by molar-refractivity contribution is 0.713. The fraction of sp³-hybridized carbons (Fsp3) is 0.333. The second-order valence-electron chi connectivity index (χ2n) is 5.19. The van der Waals surface area contributed by atoms with Crippen LogP contribution in [0.1, 0.15) is 12.5 Å². The van der Waals surface area contributed by atoms with Gasteiger partial charge in [0.1, 0.15) is 0 Å². The Morgan fingerprint density at radius 1 is 1.40 bits per heavy atom. The van der Waals surface area contributed by atoms with E-state index in [1.54, 1.807) is 0 Å². The molecule has 0 amide bonds. The Hall–Kier alpha value is -2.30. The van der Waals surface area contributed by atoms with E-state index in [1.165, 1.54) is 11.1 Å². The first-order valence-electron chi connectivity index (χ1n) is 6.83. The van der Waals surface area contributed by atoms with Gasteiger partial charge in [-0.15, -0.1) is 0 Å². The molecule has 1 aliphatic rings. The summed E-state index contributed by atoms with van der Waals surface area (Å²) in [5.74, 6) is 0.893. The molecule has 0 aliphatic carbocycles. The normalized spacial score (nSPS) is 17.7. The molecule has 0 bridgehead atoms. The highest BCUT2D eigenvalue weighted by atomic mass is 15.2. The third-order valence-corrected chi connectivity index (χ3v) is 3.33. The van der Waals surface area contributed by atoms with Gasteiger partial charge < -0.3 is 10.6 Å². The highest BCUT2D eigenvalue weighted by Crippen LogP contribution is 2.19. The quantitative estimate of drug-likeness (QED) is 0.888. The van der Waals surface area contributed by atoms with Crippen molar-refractivity contribution in [2.75, 3.05) is 6.54 Å². The Morgan fingerprint density at radius 3 is 3.00 bits per heavy atom. The minimum Gasteiger partial charge on any atom is -0.352 e. The Kier molecular flexibility index (Phi) is 3.41. The fourth-order valence-electron chi connectivity index (χ4n) is 2.28. The lowest BCUT2D eigenvalue weighted by atomic mass is 10.1. The van der Waals surface area contributed by atoms with Crippen LogP contribution in [0.25, 0.3) is 11.1 Å². The molecule has 5 heteroatoms. The maximum Gasteiger partial charge on any atom is 0.191 e. The topological polar surface area (TPSA) is 54.2 Å².